The van der Waals surface area contributed by atoms with Crippen molar-refractivity contribution in [3.8, 4) is 0 Å². The number of piperazine rings is 1. The van der Waals surface area contributed by atoms with Gasteiger partial charge in [-0.1, -0.05) is 30.3 Å². The second-order valence-corrected chi connectivity index (χ2v) is 6.92. The Morgan fingerprint density at radius 2 is 1.79 bits per heavy atom. The topological polar surface area (TPSA) is 74.8 Å². The van der Waals surface area contributed by atoms with E-state index in [2.05, 4.69) is 22.4 Å². The van der Waals surface area contributed by atoms with E-state index in [-0.39, 0.29) is 12.0 Å². The minimum absolute atomic E-state index is 0.0387. The number of amides is 2. The molecule has 1 aliphatic heterocycles. The lowest BCUT2D eigenvalue weighted by atomic mass is 10.1. The molecule has 0 radical (unpaired) electrons. The Labute approximate surface area is 171 Å². The number of aromatic nitrogens is 1. The van der Waals surface area contributed by atoms with Crippen molar-refractivity contribution in [2.75, 3.05) is 44.6 Å². The van der Waals surface area contributed by atoms with E-state index in [1.807, 2.05) is 18.2 Å². The highest BCUT2D eigenvalue weighted by Gasteiger charge is 2.25. The van der Waals surface area contributed by atoms with Gasteiger partial charge in [0, 0.05) is 44.5 Å². The van der Waals surface area contributed by atoms with Crippen molar-refractivity contribution in [3.63, 3.8) is 0 Å². The summed E-state index contributed by atoms with van der Waals surface area (Å²) in [5.74, 6) is 0.664. The first kappa shape index (κ1) is 20.6. The summed E-state index contributed by atoms with van der Waals surface area (Å²) < 4.78 is 5.02. The van der Waals surface area contributed by atoms with Gasteiger partial charge in [0.25, 0.3) is 5.91 Å². The number of hydrogen-bond acceptors (Lipinski definition) is 5. The minimum atomic E-state index is -0.314. The molecule has 1 N–H and O–H groups in total. The molecule has 154 valence electrons. The molecule has 0 saturated carbocycles. The molecule has 29 heavy (non-hydrogen) atoms. The van der Waals surface area contributed by atoms with Gasteiger partial charge in [-0.25, -0.2) is 9.78 Å². The van der Waals surface area contributed by atoms with Gasteiger partial charge in [0.2, 0.25) is 0 Å². The summed E-state index contributed by atoms with van der Waals surface area (Å²) in [7, 11) is 0. The van der Waals surface area contributed by atoms with Gasteiger partial charge in [0.05, 0.1) is 6.61 Å². The average molecular weight is 396 g/mol. The van der Waals surface area contributed by atoms with Crippen LogP contribution < -0.4 is 5.32 Å². The molecule has 1 aromatic heterocycles. The standard InChI is InChI=1S/C22H28N4O3/c1-2-29-22(28)26-15-13-25(14-16-26)21(27)19-10-12-24-20(17-19)23-11-6-9-18-7-4-3-5-8-18/h3-5,7-8,10,12,17H,2,6,9,11,13-16H2,1H3,(H,23,24). The Morgan fingerprint density at radius 1 is 1.07 bits per heavy atom. The van der Waals surface area contributed by atoms with Crippen LogP contribution in [-0.4, -0.2) is 66.1 Å². The molecule has 0 atom stereocenters. The Morgan fingerprint density at radius 3 is 2.52 bits per heavy atom. The van der Waals surface area contributed by atoms with Crippen LogP contribution in [0.4, 0.5) is 10.6 Å². The van der Waals surface area contributed by atoms with E-state index in [0.717, 1.165) is 19.4 Å². The van der Waals surface area contributed by atoms with E-state index in [1.165, 1.54) is 5.56 Å². The number of carbonyl (C=O) groups is 2. The van der Waals surface area contributed by atoms with Crippen LogP contribution in [0.2, 0.25) is 0 Å². The zero-order chi connectivity index (χ0) is 20.5. The van der Waals surface area contributed by atoms with Gasteiger partial charge >= 0.3 is 6.09 Å². The Balaban J connectivity index is 1.47. The molecular formula is C22H28N4O3. The van der Waals surface area contributed by atoms with E-state index in [4.69, 9.17) is 4.74 Å². The fraction of sp³-hybridized carbons (Fsp3) is 0.409. The van der Waals surface area contributed by atoms with Crippen molar-refractivity contribution in [2.24, 2.45) is 0 Å². The summed E-state index contributed by atoms with van der Waals surface area (Å²) in [6.45, 7) is 4.91. The van der Waals surface area contributed by atoms with Crippen LogP contribution in [0.25, 0.3) is 0 Å². The van der Waals surface area contributed by atoms with Crippen LogP contribution in [0.1, 0.15) is 29.3 Å². The molecule has 7 nitrogen and oxygen atoms in total. The Hall–Kier alpha value is -3.09. The van der Waals surface area contributed by atoms with Crippen LogP contribution in [0.15, 0.2) is 48.7 Å². The van der Waals surface area contributed by atoms with Gasteiger partial charge in [-0.15, -0.1) is 0 Å². The van der Waals surface area contributed by atoms with Gasteiger partial charge in [0.1, 0.15) is 5.82 Å². The molecule has 2 amide bonds. The zero-order valence-electron chi connectivity index (χ0n) is 16.8. The van der Waals surface area contributed by atoms with Crippen molar-refractivity contribution in [1.29, 1.82) is 0 Å². The molecule has 0 bridgehead atoms. The lowest BCUT2D eigenvalue weighted by molar-refractivity contribution is 0.0570. The zero-order valence-corrected chi connectivity index (χ0v) is 16.8. The van der Waals surface area contributed by atoms with Gasteiger partial charge < -0.3 is 19.9 Å². The quantitative estimate of drug-likeness (QED) is 0.728. The number of anilines is 1. The molecule has 7 heteroatoms. The average Bonchev–Trinajstić information content (AvgIpc) is 2.77. The van der Waals surface area contributed by atoms with E-state index < -0.39 is 0 Å². The summed E-state index contributed by atoms with van der Waals surface area (Å²) >= 11 is 0. The highest BCUT2D eigenvalue weighted by Crippen LogP contribution is 2.13. The molecule has 2 aromatic rings. The van der Waals surface area contributed by atoms with E-state index in [0.29, 0.717) is 44.2 Å². The number of nitrogens with one attached hydrogen (secondary N) is 1. The fourth-order valence-corrected chi connectivity index (χ4v) is 3.30. The molecule has 1 aliphatic rings. The second-order valence-electron chi connectivity index (χ2n) is 6.92. The van der Waals surface area contributed by atoms with Crippen molar-refractivity contribution in [3.05, 3.63) is 59.8 Å². The highest BCUT2D eigenvalue weighted by atomic mass is 16.6. The number of ether oxygens (including phenoxy) is 1. The van der Waals surface area contributed by atoms with Gasteiger partial charge in [-0.05, 0) is 37.5 Å². The van der Waals surface area contributed by atoms with Crippen molar-refractivity contribution < 1.29 is 14.3 Å². The smallest absolute Gasteiger partial charge is 0.409 e. The van der Waals surface area contributed by atoms with Crippen LogP contribution in [0, 0.1) is 0 Å². The number of hydrogen-bond donors (Lipinski definition) is 1. The largest absolute Gasteiger partial charge is 0.450 e. The van der Waals surface area contributed by atoms with Crippen molar-refractivity contribution in [1.82, 2.24) is 14.8 Å². The number of benzene rings is 1. The number of aryl methyl sites for hydroxylation is 1. The first-order chi connectivity index (χ1) is 14.2. The van der Waals surface area contributed by atoms with Crippen LogP contribution in [-0.2, 0) is 11.2 Å². The maximum atomic E-state index is 12.8. The second kappa shape index (κ2) is 10.5. The van der Waals surface area contributed by atoms with Crippen molar-refractivity contribution in [2.45, 2.75) is 19.8 Å². The first-order valence-electron chi connectivity index (χ1n) is 10.1. The third kappa shape index (κ3) is 5.94. The third-order valence-electron chi connectivity index (χ3n) is 4.89. The predicted molar refractivity (Wildman–Crippen MR) is 112 cm³/mol. The number of carbonyl (C=O) groups excluding carboxylic acids is 2. The number of pyridine rings is 1. The molecule has 1 aromatic carbocycles. The minimum Gasteiger partial charge on any atom is -0.450 e. The summed E-state index contributed by atoms with van der Waals surface area (Å²) in [5, 5.41) is 3.30. The highest BCUT2D eigenvalue weighted by molar-refractivity contribution is 5.95. The molecule has 1 saturated heterocycles. The van der Waals surface area contributed by atoms with E-state index in [1.54, 1.807) is 35.1 Å². The van der Waals surface area contributed by atoms with E-state index >= 15 is 0 Å². The molecular weight excluding hydrogens is 368 g/mol. The van der Waals surface area contributed by atoms with Gasteiger partial charge in [-0.2, -0.15) is 0 Å². The van der Waals surface area contributed by atoms with E-state index in [9.17, 15) is 9.59 Å². The summed E-state index contributed by atoms with van der Waals surface area (Å²) in [4.78, 5) is 32.3. The maximum absolute atomic E-state index is 12.8. The van der Waals surface area contributed by atoms with Crippen LogP contribution >= 0.6 is 0 Å². The van der Waals surface area contributed by atoms with Crippen LogP contribution in [0.5, 0.6) is 0 Å². The first-order valence-corrected chi connectivity index (χ1v) is 10.1. The molecule has 0 aliphatic carbocycles. The molecule has 0 unspecified atom stereocenters. The summed E-state index contributed by atoms with van der Waals surface area (Å²) in [6.07, 6.45) is 3.32. The Bertz CT molecular complexity index is 805. The molecule has 1 fully saturated rings. The molecule has 2 heterocycles. The molecule has 3 rings (SSSR count). The number of rotatable bonds is 7. The summed E-state index contributed by atoms with van der Waals surface area (Å²) in [5.41, 5.74) is 1.92. The lowest BCUT2D eigenvalue weighted by Crippen LogP contribution is -2.50. The SMILES string of the molecule is CCOC(=O)N1CCN(C(=O)c2ccnc(NCCCc3ccccc3)c2)CC1. The van der Waals surface area contributed by atoms with Gasteiger partial charge in [-0.3, -0.25) is 4.79 Å². The third-order valence-corrected chi connectivity index (χ3v) is 4.89. The normalized spacial score (nSPS) is 13.8. The lowest BCUT2D eigenvalue weighted by Gasteiger charge is -2.34. The van der Waals surface area contributed by atoms with Crippen molar-refractivity contribution >= 4 is 17.8 Å². The summed E-state index contributed by atoms with van der Waals surface area (Å²) in [6, 6.07) is 13.9. The number of nitrogens with zero attached hydrogens (tertiary/aromatic N) is 3. The monoisotopic (exact) mass is 396 g/mol. The molecule has 0 spiro atoms. The fourth-order valence-electron chi connectivity index (χ4n) is 3.30. The van der Waals surface area contributed by atoms with Gasteiger partial charge in [0.15, 0.2) is 0 Å². The maximum Gasteiger partial charge on any atom is 0.409 e. The van der Waals surface area contributed by atoms with Crippen LogP contribution in [0.3, 0.4) is 0 Å². The Kier molecular flexibility index (Phi) is 7.44. The predicted octanol–water partition coefficient (Wildman–Crippen LogP) is 3.04.